The fourth-order valence-electron chi connectivity index (χ4n) is 1.33. The van der Waals surface area contributed by atoms with Crippen LogP contribution in [0.2, 0.25) is 0 Å². The van der Waals surface area contributed by atoms with Gasteiger partial charge in [0.15, 0.2) is 0 Å². The molecule has 1 aromatic rings. The molecule has 0 unspecified atom stereocenters. The zero-order valence-corrected chi connectivity index (χ0v) is 12.8. The molecule has 0 spiro atoms. The van der Waals surface area contributed by atoms with E-state index >= 15 is 0 Å². The van der Waals surface area contributed by atoms with Crippen LogP contribution in [0.25, 0.3) is 0 Å². The molecule has 0 bridgehead atoms. The number of esters is 1. The zero-order chi connectivity index (χ0) is 15.0. The summed E-state index contributed by atoms with van der Waals surface area (Å²) >= 11 is 1.36. The van der Waals surface area contributed by atoms with Gasteiger partial charge >= 0.3 is 5.97 Å². The number of rotatable bonds is 8. The van der Waals surface area contributed by atoms with Gasteiger partial charge in [-0.25, -0.2) is 13.1 Å². The predicted octanol–water partition coefficient (Wildman–Crippen LogP) is 0.843. The summed E-state index contributed by atoms with van der Waals surface area (Å²) in [6, 6.07) is 7.25. The van der Waals surface area contributed by atoms with Crippen LogP contribution >= 0.6 is 11.8 Å². The van der Waals surface area contributed by atoms with Gasteiger partial charge in [-0.15, -0.1) is 11.8 Å². The molecule has 1 aromatic carbocycles. The van der Waals surface area contributed by atoms with Gasteiger partial charge < -0.3 is 10.5 Å². The van der Waals surface area contributed by atoms with Gasteiger partial charge in [-0.05, 0) is 19.1 Å². The van der Waals surface area contributed by atoms with Crippen molar-refractivity contribution in [3.8, 4) is 0 Å². The standard InChI is InChI=1S/C12H18N2O4S2/c1-2-18-12(15)9-14-20(16,17)8-7-19-11-6-4-3-5-10(11)13/h3-6,14H,2,7-9,13H2,1H3. The Morgan fingerprint density at radius 1 is 1.40 bits per heavy atom. The van der Waals surface area contributed by atoms with Gasteiger partial charge in [-0.1, -0.05) is 12.1 Å². The summed E-state index contributed by atoms with van der Waals surface area (Å²) in [5.41, 5.74) is 6.37. The molecule has 6 nitrogen and oxygen atoms in total. The normalized spacial score (nSPS) is 11.2. The van der Waals surface area contributed by atoms with Crippen molar-refractivity contribution in [2.24, 2.45) is 0 Å². The summed E-state index contributed by atoms with van der Waals surface area (Å²) < 4.78 is 30.1. The van der Waals surface area contributed by atoms with Crippen molar-refractivity contribution in [3.05, 3.63) is 24.3 Å². The van der Waals surface area contributed by atoms with Crippen LogP contribution in [0.15, 0.2) is 29.2 Å². The first kappa shape index (κ1) is 16.8. The molecule has 112 valence electrons. The van der Waals surface area contributed by atoms with Crippen molar-refractivity contribution in [3.63, 3.8) is 0 Å². The molecule has 0 aliphatic carbocycles. The smallest absolute Gasteiger partial charge is 0.320 e. The van der Waals surface area contributed by atoms with Gasteiger partial charge in [0.05, 0.1) is 12.4 Å². The fourth-order valence-corrected chi connectivity index (χ4v) is 3.65. The van der Waals surface area contributed by atoms with Gasteiger partial charge in [0, 0.05) is 16.3 Å². The molecular weight excluding hydrogens is 300 g/mol. The Labute approximate surface area is 123 Å². The van der Waals surface area contributed by atoms with E-state index in [1.165, 1.54) is 11.8 Å². The van der Waals surface area contributed by atoms with E-state index in [2.05, 4.69) is 9.46 Å². The first-order valence-electron chi connectivity index (χ1n) is 6.05. The largest absolute Gasteiger partial charge is 0.465 e. The number of sulfonamides is 1. The van der Waals surface area contributed by atoms with Gasteiger partial charge in [-0.2, -0.15) is 0 Å². The topological polar surface area (TPSA) is 98.5 Å². The monoisotopic (exact) mass is 318 g/mol. The number of para-hydroxylation sites is 1. The molecular formula is C12H18N2O4S2. The van der Waals surface area contributed by atoms with E-state index in [1.54, 1.807) is 13.0 Å². The summed E-state index contributed by atoms with van der Waals surface area (Å²) in [5, 5.41) is 0. The minimum Gasteiger partial charge on any atom is -0.465 e. The first-order valence-corrected chi connectivity index (χ1v) is 8.68. The van der Waals surface area contributed by atoms with Crippen LogP contribution in [0.1, 0.15) is 6.92 Å². The van der Waals surface area contributed by atoms with Crippen LogP contribution in [-0.4, -0.2) is 39.0 Å². The highest BCUT2D eigenvalue weighted by Crippen LogP contribution is 2.24. The Kier molecular flexibility index (Phi) is 6.83. The second-order valence-corrected chi connectivity index (χ2v) is 6.89. The van der Waals surface area contributed by atoms with E-state index in [0.29, 0.717) is 11.4 Å². The number of hydrogen-bond donors (Lipinski definition) is 2. The summed E-state index contributed by atoms with van der Waals surface area (Å²) in [4.78, 5) is 11.9. The SMILES string of the molecule is CCOC(=O)CNS(=O)(=O)CCSc1ccccc1N. The van der Waals surface area contributed by atoms with Gasteiger partial charge in [0.2, 0.25) is 10.0 Å². The van der Waals surface area contributed by atoms with E-state index < -0.39 is 16.0 Å². The lowest BCUT2D eigenvalue weighted by molar-refractivity contribution is -0.141. The number of ether oxygens (including phenoxy) is 1. The number of anilines is 1. The molecule has 1 rings (SSSR count). The maximum atomic E-state index is 11.7. The minimum atomic E-state index is -3.49. The molecule has 0 saturated carbocycles. The Balaban J connectivity index is 2.37. The van der Waals surface area contributed by atoms with Crippen LogP contribution in [0, 0.1) is 0 Å². The Morgan fingerprint density at radius 3 is 2.75 bits per heavy atom. The molecule has 0 atom stereocenters. The first-order chi connectivity index (χ1) is 9.44. The summed E-state index contributed by atoms with van der Waals surface area (Å²) in [5.74, 6) is -0.325. The number of nitrogens with two attached hydrogens (primary N) is 1. The van der Waals surface area contributed by atoms with E-state index in [1.807, 2.05) is 18.2 Å². The molecule has 0 fully saturated rings. The molecule has 0 amide bonds. The molecule has 0 heterocycles. The average Bonchev–Trinajstić information content (AvgIpc) is 2.39. The maximum absolute atomic E-state index is 11.7. The molecule has 0 aliphatic rings. The highest BCUT2D eigenvalue weighted by molar-refractivity contribution is 8.00. The number of benzene rings is 1. The van der Waals surface area contributed by atoms with Crippen molar-refractivity contribution >= 4 is 33.4 Å². The lowest BCUT2D eigenvalue weighted by atomic mass is 10.3. The summed E-state index contributed by atoms with van der Waals surface area (Å²) in [7, 11) is -3.49. The molecule has 0 aromatic heterocycles. The maximum Gasteiger partial charge on any atom is 0.320 e. The van der Waals surface area contributed by atoms with Gasteiger partial charge in [-0.3, -0.25) is 4.79 Å². The second-order valence-electron chi connectivity index (χ2n) is 3.83. The van der Waals surface area contributed by atoms with Crippen LogP contribution < -0.4 is 10.5 Å². The fraction of sp³-hybridized carbons (Fsp3) is 0.417. The molecule has 20 heavy (non-hydrogen) atoms. The quantitative estimate of drug-likeness (QED) is 0.419. The Bertz CT molecular complexity index is 546. The Hall–Kier alpha value is -1.25. The third kappa shape index (κ3) is 6.27. The highest BCUT2D eigenvalue weighted by atomic mass is 32.2. The molecule has 0 aliphatic heterocycles. The van der Waals surface area contributed by atoms with Crippen LogP contribution in [-0.2, 0) is 19.6 Å². The van der Waals surface area contributed by atoms with Crippen LogP contribution in [0.3, 0.4) is 0 Å². The van der Waals surface area contributed by atoms with Crippen LogP contribution in [0.4, 0.5) is 5.69 Å². The number of nitrogens with one attached hydrogen (secondary N) is 1. The zero-order valence-electron chi connectivity index (χ0n) is 11.2. The Morgan fingerprint density at radius 2 is 2.10 bits per heavy atom. The van der Waals surface area contributed by atoms with Crippen molar-refractivity contribution in [2.75, 3.05) is 30.4 Å². The highest BCUT2D eigenvalue weighted by Gasteiger charge is 2.13. The lowest BCUT2D eigenvalue weighted by Gasteiger charge is -2.07. The van der Waals surface area contributed by atoms with E-state index in [0.717, 1.165) is 4.90 Å². The molecule has 0 radical (unpaired) electrons. The minimum absolute atomic E-state index is 0.0919. The van der Waals surface area contributed by atoms with Crippen molar-refractivity contribution in [1.29, 1.82) is 0 Å². The number of carbonyl (C=O) groups excluding carboxylic acids is 1. The third-order valence-electron chi connectivity index (χ3n) is 2.27. The molecule has 8 heteroatoms. The number of carbonyl (C=O) groups is 1. The van der Waals surface area contributed by atoms with Gasteiger partial charge in [0.1, 0.15) is 6.54 Å². The second kappa shape index (κ2) is 8.13. The van der Waals surface area contributed by atoms with E-state index in [4.69, 9.17) is 5.73 Å². The number of hydrogen-bond acceptors (Lipinski definition) is 6. The van der Waals surface area contributed by atoms with Crippen molar-refractivity contribution in [1.82, 2.24) is 4.72 Å². The van der Waals surface area contributed by atoms with Gasteiger partial charge in [0.25, 0.3) is 0 Å². The number of nitrogen functional groups attached to an aromatic ring is 1. The molecule has 0 saturated heterocycles. The number of thioether (sulfide) groups is 1. The van der Waals surface area contributed by atoms with Crippen LogP contribution in [0.5, 0.6) is 0 Å². The van der Waals surface area contributed by atoms with E-state index in [9.17, 15) is 13.2 Å². The lowest BCUT2D eigenvalue weighted by Crippen LogP contribution is -2.33. The average molecular weight is 318 g/mol. The van der Waals surface area contributed by atoms with Crippen molar-refractivity contribution in [2.45, 2.75) is 11.8 Å². The molecule has 3 N–H and O–H groups in total. The third-order valence-corrected chi connectivity index (χ3v) is 4.95. The van der Waals surface area contributed by atoms with E-state index in [-0.39, 0.29) is 18.9 Å². The predicted molar refractivity (Wildman–Crippen MR) is 80.0 cm³/mol. The van der Waals surface area contributed by atoms with Crippen molar-refractivity contribution < 1.29 is 17.9 Å². The summed E-state index contributed by atoms with van der Waals surface area (Å²) in [6.07, 6.45) is 0. The summed E-state index contributed by atoms with van der Waals surface area (Å²) in [6.45, 7) is 1.55.